The summed E-state index contributed by atoms with van der Waals surface area (Å²) in [6, 6.07) is 12.1. The molecular formula is C17H27NS. The van der Waals surface area contributed by atoms with Crippen molar-refractivity contribution in [3.8, 4) is 0 Å². The fourth-order valence-electron chi connectivity index (χ4n) is 2.86. The molecule has 3 atom stereocenters. The summed E-state index contributed by atoms with van der Waals surface area (Å²) in [5.74, 6) is 2.06. The third-order valence-corrected chi connectivity index (χ3v) is 5.31. The molecule has 1 aromatic carbocycles. The molecule has 1 fully saturated rings. The molecule has 0 radical (unpaired) electrons. The molecule has 1 nitrogen and oxygen atoms in total. The minimum Gasteiger partial charge on any atom is -0.306 e. The van der Waals surface area contributed by atoms with Crippen LogP contribution in [-0.4, -0.2) is 17.0 Å². The molecule has 0 amide bonds. The molecule has 0 bridgehead atoms. The van der Waals surface area contributed by atoms with Gasteiger partial charge in [0.15, 0.2) is 0 Å². The van der Waals surface area contributed by atoms with E-state index in [1.54, 1.807) is 0 Å². The zero-order chi connectivity index (χ0) is 13.7. The van der Waals surface area contributed by atoms with E-state index in [0.29, 0.717) is 12.1 Å². The lowest BCUT2D eigenvalue weighted by molar-refractivity contribution is 0.357. The normalized spacial score (nSPS) is 25.5. The maximum absolute atomic E-state index is 3.93. The summed E-state index contributed by atoms with van der Waals surface area (Å²) in [5.41, 5.74) is 1.44. The number of thioether (sulfide) groups is 1. The van der Waals surface area contributed by atoms with Gasteiger partial charge in [0.1, 0.15) is 0 Å². The van der Waals surface area contributed by atoms with Crippen molar-refractivity contribution in [1.29, 1.82) is 0 Å². The maximum atomic E-state index is 3.93. The summed E-state index contributed by atoms with van der Waals surface area (Å²) in [6.45, 7) is 7.01. The van der Waals surface area contributed by atoms with Crippen molar-refractivity contribution in [2.24, 2.45) is 5.92 Å². The molecule has 19 heavy (non-hydrogen) atoms. The van der Waals surface area contributed by atoms with Gasteiger partial charge in [-0.3, -0.25) is 0 Å². The van der Waals surface area contributed by atoms with Gasteiger partial charge in [0.25, 0.3) is 0 Å². The minimum absolute atomic E-state index is 0.507. The van der Waals surface area contributed by atoms with Crippen molar-refractivity contribution in [1.82, 2.24) is 5.32 Å². The Balaban J connectivity index is 2.05. The summed E-state index contributed by atoms with van der Waals surface area (Å²) in [7, 11) is 0. The van der Waals surface area contributed by atoms with Crippen molar-refractivity contribution >= 4 is 11.8 Å². The van der Waals surface area contributed by atoms with Crippen molar-refractivity contribution in [2.45, 2.75) is 57.4 Å². The van der Waals surface area contributed by atoms with Crippen molar-refractivity contribution < 1.29 is 0 Å². The minimum atomic E-state index is 0.507. The van der Waals surface area contributed by atoms with Crippen LogP contribution >= 0.6 is 11.8 Å². The van der Waals surface area contributed by atoms with Crippen LogP contribution in [0.15, 0.2) is 30.3 Å². The van der Waals surface area contributed by atoms with Gasteiger partial charge in [-0.05, 0) is 36.5 Å². The van der Waals surface area contributed by atoms with Gasteiger partial charge >= 0.3 is 0 Å². The molecule has 1 heterocycles. The molecule has 2 heteroatoms. The zero-order valence-electron chi connectivity index (χ0n) is 12.4. The Morgan fingerprint density at radius 2 is 2.00 bits per heavy atom. The summed E-state index contributed by atoms with van der Waals surface area (Å²) >= 11 is 2.12. The Hall–Kier alpha value is -0.470. The van der Waals surface area contributed by atoms with E-state index in [-0.39, 0.29) is 0 Å². The van der Waals surface area contributed by atoms with Crippen molar-refractivity contribution in [3.63, 3.8) is 0 Å². The van der Waals surface area contributed by atoms with Gasteiger partial charge in [-0.2, -0.15) is 11.8 Å². The number of hydrogen-bond donors (Lipinski definition) is 1. The van der Waals surface area contributed by atoms with Crippen molar-refractivity contribution in [3.05, 3.63) is 35.9 Å². The van der Waals surface area contributed by atoms with Crippen LogP contribution in [0, 0.1) is 5.92 Å². The highest BCUT2D eigenvalue weighted by atomic mass is 32.2. The number of hydrogen-bond acceptors (Lipinski definition) is 2. The molecule has 0 aromatic heterocycles. The second-order valence-electron chi connectivity index (χ2n) is 6.08. The van der Waals surface area contributed by atoms with Crippen LogP contribution in [0.5, 0.6) is 0 Å². The van der Waals surface area contributed by atoms with Crippen LogP contribution in [0.3, 0.4) is 0 Å². The third kappa shape index (κ3) is 4.54. The smallest absolute Gasteiger partial charge is 0.0325 e. The Labute approximate surface area is 122 Å². The highest BCUT2D eigenvalue weighted by Crippen LogP contribution is 2.29. The lowest BCUT2D eigenvalue weighted by Crippen LogP contribution is -2.41. The topological polar surface area (TPSA) is 12.0 Å². The van der Waals surface area contributed by atoms with E-state index in [9.17, 15) is 0 Å². The third-order valence-electron chi connectivity index (χ3n) is 3.93. The fourth-order valence-corrected chi connectivity index (χ4v) is 4.01. The number of rotatable bonds is 5. The van der Waals surface area contributed by atoms with E-state index in [1.165, 1.54) is 30.6 Å². The average Bonchev–Trinajstić information content (AvgIpc) is 2.41. The van der Waals surface area contributed by atoms with Crippen LogP contribution in [0.25, 0.3) is 0 Å². The van der Waals surface area contributed by atoms with E-state index < -0.39 is 0 Å². The van der Waals surface area contributed by atoms with E-state index in [2.05, 4.69) is 68.2 Å². The standard InChI is InChI=1S/C17H27NS/c1-13(2)12-17(15-8-5-4-6-9-15)18-16-10-7-11-19-14(16)3/h4-6,8-9,13-14,16-18H,7,10-12H2,1-3H3. The molecule has 106 valence electrons. The van der Waals surface area contributed by atoms with Gasteiger partial charge in [-0.15, -0.1) is 0 Å². The molecule has 1 aromatic rings. The number of benzene rings is 1. The lowest BCUT2D eigenvalue weighted by atomic mass is 9.95. The quantitative estimate of drug-likeness (QED) is 0.841. The second-order valence-corrected chi connectivity index (χ2v) is 7.57. The Bertz CT molecular complexity index is 363. The molecular weight excluding hydrogens is 250 g/mol. The van der Waals surface area contributed by atoms with Crippen LogP contribution in [-0.2, 0) is 0 Å². The van der Waals surface area contributed by atoms with Gasteiger partial charge in [-0.25, -0.2) is 0 Å². The molecule has 1 aliphatic heterocycles. The van der Waals surface area contributed by atoms with Gasteiger partial charge in [0.2, 0.25) is 0 Å². The Morgan fingerprint density at radius 1 is 1.26 bits per heavy atom. The highest BCUT2D eigenvalue weighted by Gasteiger charge is 2.25. The van der Waals surface area contributed by atoms with E-state index >= 15 is 0 Å². The fraction of sp³-hybridized carbons (Fsp3) is 0.647. The molecule has 3 unspecified atom stereocenters. The maximum Gasteiger partial charge on any atom is 0.0325 e. The molecule has 0 saturated carbocycles. The first kappa shape index (κ1) is 14.9. The van der Waals surface area contributed by atoms with Crippen molar-refractivity contribution in [2.75, 3.05) is 5.75 Å². The summed E-state index contributed by atoms with van der Waals surface area (Å²) < 4.78 is 0. The van der Waals surface area contributed by atoms with Crippen LogP contribution in [0.4, 0.5) is 0 Å². The molecule has 1 saturated heterocycles. The monoisotopic (exact) mass is 277 g/mol. The molecule has 1 aliphatic rings. The first-order valence-electron chi connectivity index (χ1n) is 7.59. The first-order chi connectivity index (χ1) is 9.16. The summed E-state index contributed by atoms with van der Waals surface area (Å²) in [5, 5.41) is 4.68. The Kier molecular flexibility index (Phi) is 5.77. The van der Waals surface area contributed by atoms with E-state index in [1.807, 2.05) is 0 Å². The lowest BCUT2D eigenvalue weighted by Gasteiger charge is -2.34. The van der Waals surface area contributed by atoms with Crippen LogP contribution in [0.2, 0.25) is 0 Å². The predicted octanol–water partition coefficient (Wildman–Crippen LogP) is 4.65. The first-order valence-corrected chi connectivity index (χ1v) is 8.64. The number of nitrogens with one attached hydrogen (secondary N) is 1. The second kappa shape index (κ2) is 7.35. The zero-order valence-corrected chi connectivity index (χ0v) is 13.2. The summed E-state index contributed by atoms with van der Waals surface area (Å²) in [6.07, 6.45) is 3.91. The van der Waals surface area contributed by atoms with Crippen LogP contribution in [0.1, 0.15) is 51.6 Å². The molecule has 2 rings (SSSR count). The van der Waals surface area contributed by atoms with E-state index in [4.69, 9.17) is 0 Å². The average molecular weight is 277 g/mol. The summed E-state index contributed by atoms with van der Waals surface area (Å²) in [4.78, 5) is 0. The predicted molar refractivity (Wildman–Crippen MR) is 86.7 cm³/mol. The van der Waals surface area contributed by atoms with Gasteiger partial charge in [-0.1, -0.05) is 51.1 Å². The van der Waals surface area contributed by atoms with Gasteiger partial charge in [0, 0.05) is 17.3 Å². The van der Waals surface area contributed by atoms with E-state index in [0.717, 1.165) is 11.2 Å². The largest absolute Gasteiger partial charge is 0.306 e. The van der Waals surface area contributed by atoms with Crippen LogP contribution < -0.4 is 5.32 Å². The van der Waals surface area contributed by atoms with Gasteiger partial charge in [0.05, 0.1) is 0 Å². The highest BCUT2D eigenvalue weighted by molar-refractivity contribution is 7.99. The Morgan fingerprint density at radius 3 is 2.63 bits per heavy atom. The molecule has 0 aliphatic carbocycles. The SMILES string of the molecule is CC(C)CC(NC1CCCSC1C)c1ccccc1. The molecule has 0 spiro atoms. The molecule has 1 N–H and O–H groups in total. The van der Waals surface area contributed by atoms with Gasteiger partial charge < -0.3 is 5.32 Å².